The Kier molecular flexibility index (Phi) is 4.01. The lowest BCUT2D eigenvalue weighted by Gasteiger charge is -2.13. The largest absolute Gasteiger partial charge is 0.364 e. The van der Waals surface area contributed by atoms with E-state index in [1.54, 1.807) is 0 Å². The SMILES string of the molecule is OP(c1ccc(F)c(F)c1F)c1ccc(F)c(F)c1F. The second-order valence-electron chi connectivity index (χ2n) is 3.70. The topological polar surface area (TPSA) is 20.2 Å². The molecule has 8 heteroatoms. The molecule has 1 N–H and O–H groups in total. The van der Waals surface area contributed by atoms with Gasteiger partial charge < -0.3 is 4.89 Å². The van der Waals surface area contributed by atoms with Crippen LogP contribution in [0.3, 0.4) is 0 Å². The Morgan fingerprint density at radius 3 is 1.30 bits per heavy atom. The third-order valence-electron chi connectivity index (χ3n) is 2.49. The molecule has 0 amide bonds. The highest BCUT2D eigenvalue weighted by atomic mass is 31.1. The molecule has 0 aliphatic rings. The zero-order chi connectivity index (χ0) is 15.0. The molecule has 2 rings (SSSR count). The Bertz CT molecular complexity index is 618. The van der Waals surface area contributed by atoms with Gasteiger partial charge in [-0.15, -0.1) is 0 Å². The summed E-state index contributed by atoms with van der Waals surface area (Å²) in [5.41, 5.74) is 0. The Morgan fingerprint density at radius 2 is 0.950 bits per heavy atom. The number of hydrogen-bond donors (Lipinski definition) is 1. The van der Waals surface area contributed by atoms with Gasteiger partial charge in [0.1, 0.15) is 0 Å². The van der Waals surface area contributed by atoms with Gasteiger partial charge >= 0.3 is 0 Å². The highest BCUT2D eigenvalue weighted by Crippen LogP contribution is 2.32. The second kappa shape index (κ2) is 5.42. The fraction of sp³-hybridized carbons (Fsp3) is 0. The third-order valence-corrected chi connectivity index (χ3v) is 4.09. The fourth-order valence-corrected chi connectivity index (χ4v) is 2.75. The van der Waals surface area contributed by atoms with Crippen molar-refractivity contribution >= 4 is 18.8 Å². The molecule has 0 atom stereocenters. The maximum absolute atomic E-state index is 13.5. The lowest BCUT2D eigenvalue weighted by Crippen LogP contribution is -2.20. The predicted octanol–water partition coefficient (Wildman–Crippen LogP) is 2.86. The number of rotatable bonds is 2. The summed E-state index contributed by atoms with van der Waals surface area (Å²) < 4.78 is 78.5. The van der Waals surface area contributed by atoms with Crippen LogP contribution >= 0.6 is 8.15 Å². The monoisotopic (exact) mass is 310 g/mol. The van der Waals surface area contributed by atoms with Crippen molar-refractivity contribution in [1.82, 2.24) is 0 Å². The zero-order valence-electron chi connectivity index (χ0n) is 9.47. The molecule has 0 aliphatic carbocycles. The van der Waals surface area contributed by atoms with E-state index >= 15 is 0 Å². The summed E-state index contributed by atoms with van der Waals surface area (Å²) in [6.45, 7) is 0. The van der Waals surface area contributed by atoms with E-state index in [0.29, 0.717) is 24.3 Å². The Hall–Kier alpha value is -1.59. The maximum atomic E-state index is 13.5. The van der Waals surface area contributed by atoms with Crippen LogP contribution in [0.25, 0.3) is 0 Å². The quantitative estimate of drug-likeness (QED) is 0.514. The van der Waals surface area contributed by atoms with E-state index in [1.165, 1.54) is 0 Å². The van der Waals surface area contributed by atoms with Crippen molar-refractivity contribution in [3.8, 4) is 0 Å². The van der Waals surface area contributed by atoms with Crippen molar-refractivity contribution in [2.75, 3.05) is 0 Å². The molecule has 0 aliphatic heterocycles. The first-order chi connectivity index (χ1) is 9.34. The first-order valence-electron chi connectivity index (χ1n) is 5.10. The lowest BCUT2D eigenvalue weighted by molar-refractivity contribution is 0.448. The minimum Gasteiger partial charge on any atom is -0.364 e. The molecule has 2 aromatic carbocycles. The van der Waals surface area contributed by atoms with Gasteiger partial charge in [0.25, 0.3) is 0 Å². The summed E-state index contributed by atoms with van der Waals surface area (Å²) in [5.74, 6) is -10.1. The minimum atomic E-state index is -2.83. The van der Waals surface area contributed by atoms with Crippen LogP contribution in [0.4, 0.5) is 26.3 Å². The smallest absolute Gasteiger partial charge is 0.195 e. The van der Waals surface area contributed by atoms with Gasteiger partial charge in [-0.1, -0.05) is 0 Å². The van der Waals surface area contributed by atoms with Crippen molar-refractivity contribution in [3.63, 3.8) is 0 Å². The summed E-state index contributed by atoms with van der Waals surface area (Å²) in [7, 11) is -2.83. The average Bonchev–Trinajstić information content (AvgIpc) is 2.42. The van der Waals surface area contributed by atoms with Gasteiger partial charge in [0.05, 0.1) is 8.15 Å². The van der Waals surface area contributed by atoms with Gasteiger partial charge in [-0.2, -0.15) is 0 Å². The first kappa shape index (κ1) is 14.8. The zero-order valence-corrected chi connectivity index (χ0v) is 10.4. The van der Waals surface area contributed by atoms with Gasteiger partial charge in [0.2, 0.25) is 0 Å². The van der Waals surface area contributed by atoms with Gasteiger partial charge in [-0.3, -0.25) is 0 Å². The van der Waals surface area contributed by atoms with E-state index in [2.05, 4.69) is 0 Å². The molecule has 2 aromatic rings. The molecule has 0 unspecified atom stereocenters. The van der Waals surface area contributed by atoms with E-state index in [9.17, 15) is 31.2 Å². The molecular weight excluding hydrogens is 305 g/mol. The summed E-state index contributed by atoms with van der Waals surface area (Å²) in [4.78, 5) is 9.79. The van der Waals surface area contributed by atoms with Crippen LogP contribution in [-0.4, -0.2) is 4.89 Å². The molecule has 0 fully saturated rings. The Morgan fingerprint density at radius 1 is 0.600 bits per heavy atom. The minimum absolute atomic E-state index is 0.539. The Labute approximate surface area is 110 Å². The average molecular weight is 310 g/mol. The number of hydrogen-bond acceptors (Lipinski definition) is 1. The van der Waals surface area contributed by atoms with Crippen LogP contribution in [0.2, 0.25) is 0 Å². The van der Waals surface area contributed by atoms with Crippen molar-refractivity contribution in [2.45, 2.75) is 0 Å². The molecule has 1 nitrogen and oxygen atoms in total. The van der Waals surface area contributed by atoms with Crippen LogP contribution in [0.1, 0.15) is 0 Å². The van der Waals surface area contributed by atoms with Crippen molar-refractivity contribution < 1.29 is 31.2 Å². The number of halogens is 6. The summed E-state index contributed by atoms with van der Waals surface area (Å²) in [6.07, 6.45) is 0. The van der Waals surface area contributed by atoms with E-state index < -0.39 is 53.7 Å². The molecular formula is C12H5F6OP. The molecule has 0 saturated carbocycles. The van der Waals surface area contributed by atoms with E-state index in [4.69, 9.17) is 0 Å². The lowest BCUT2D eigenvalue weighted by atomic mass is 10.3. The van der Waals surface area contributed by atoms with Crippen LogP contribution in [0, 0.1) is 34.9 Å². The molecule has 106 valence electrons. The van der Waals surface area contributed by atoms with Gasteiger partial charge in [0, 0.05) is 10.6 Å². The maximum Gasteiger partial charge on any atom is 0.195 e. The fourth-order valence-electron chi connectivity index (χ4n) is 1.49. The van der Waals surface area contributed by atoms with Crippen LogP contribution in [0.5, 0.6) is 0 Å². The molecule has 0 aromatic heterocycles. The Balaban J connectivity index is 2.55. The first-order valence-corrected chi connectivity index (χ1v) is 6.40. The van der Waals surface area contributed by atoms with E-state index in [-0.39, 0.29) is 0 Å². The predicted molar refractivity (Wildman–Crippen MR) is 61.0 cm³/mol. The van der Waals surface area contributed by atoms with Crippen LogP contribution in [-0.2, 0) is 0 Å². The summed E-state index contributed by atoms with van der Waals surface area (Å²) in [6, 6.07) is 2.49. The van der Waals surface area contributed by atoms with Crippen molar-refractivity contribution in [2.24, 2.45) is 0 Å². The van der Waals surface area contributed by atoms with Gasteiger partial charge in [-0.25, -0.2) is 26.3 Å². The van der Waals surface area contributed by atoms with Crippen LogP contribution in [0.15, 0.2) is 24.3 Å². The highest BCUT2D eigenvalue weighted by molar-refractivity contribution is 7.67. The van der Waals surface area contributed by atoms with E-state index in [0.717, 1.165) is 0 Å². The standard InChI is InChI=1S/C12H5F6OP/c13-5-1-3-7(11(17)9(5)15)20(19)8-4-2-6(14)10(16)12(8)18/h1-4,19H. The third kappa shape index (κ3) is 2.39. The molecule has 0 bridgehead atoms. The second-order valence-corrected chi connectivity index (χ2v) is 5.29. The van der Waals surface area contributed by atoms with E-state index in [1.807, 2.05) is 0 Å². The normalized spacial score (nSPS) is 11.2. The number of benzene rings is 2. The van der Waals surface area contributed by atoms with Crippen molar-refractivity contribution in [1.29, 1.82) is 0 Å². The summed E-state index contributed by atoms with van der Waals surface area (Å²) in [5, 5.41) is -1.47. The molecule has 0 radical (unpaired) electrons. The molecule has 0 saturated heterocycles. The van der Waals surface area contributed by atoms with Gasteiger partial charge in [-0.05, 0) is 24.3 Å². The summed E-state index contributed by atoms with van der Waals surface area (Å²) >= 11 is 0. The molecule has 0 heterocycles. The van der Waals surface area contributed by atoms with Gasteiger partial charge in [0.15, 0.2) is 34.9 Å². The molecule has 20 heavy (non-hydrogen) atoms. The molecule has 0 spiro atoms. The van der Waals surface area contributed by atoms with Crippen molar-refractivity contribution in [3.05, 3.63) is 59.2 Å². The highest BCUT2D eigenvalue weighted by Gasteiger charge is 2.25. The van der Waals surface area contributed by atoms with Crippen LogP contribution < -0.4 is 10.6 Å².